The molecule has 0 amide bonds. The van der Waals surface area contributed by atoms with Gasteiger partial charge in [0, 0.05) is 18.8 Å². The van der Waals surface area contributed by atoms with E-state index in [1.807, 2.05) is 13.8 Å². The van der Waals surface area contributed by atoms with E-state index in [1.165, 1.54) is 12.1 Å². The van der Waals surface area contributed by atoms with Gasteiger partial charge >= 0.3 is 23.9 Å². The van der Waals surface area contributed by atoms with Gasteiger partial charge < -0.3 is 25.1 Å². The van der Waals surface area contributed by atoms with Crippen LogP contribution >= 0.6 is 0 Å². The minimum Gasteiger partial charge on any atom is -0.480 e. The summed E-state index contributed by atoms with van der Waals surface area (Å²) >= 11 is 0. The van der Waals surface area contributed by atoms with Gasteiger partial charge in [-0.25, -0.2) is 0 Å². The van der Waals surface area contributed by atoms with Crippen molar-refractivity contribution in [3.8, 4) is 11.5 Å². The van der Waals surface area contributed by atoms with Crippen LogP contribution in [-0.4, -0.2) is 41.6 Å². The summed E-state index contributed by atoms with van der Waals surface area (Å²) in [6.45, 7) is 10.5. The molecule has 0 spiro atoms. The van der Waals surface area contributed by atoms with E-state index in [1.54, 1.807) is 33.8 Å². The molecule has 1 aromatic rings. The largest absolute Gasteiger partial charge is 0.480 e. The number of carbonyl (C=O) groups is 4. The summed E-state index contributed by atoms with van der Waals surface area (Å²) in [5.74, 6) is -3.86. The SMILES string of the molecule is CCCC(=O)Oc1ccc(C(C(C)COC(=O)C(C)(C)C)[C@H](N)C(=O)O)cc1OC(=O)CCC. The van der Waals surface area contributed by atoms with E-state index in [-0.39, 0.29) is 30.9 Å². The van der Waals surface area contributed by atoms with E-state index in [0.717, 1.165) is 0 Å². The summed E-state index contributed by atoms with van der Waals surface area (Å²) in [7, 11) is 0. The van der Waals surface area contributed by atoms with E-state index in [2.05, 4.69) is 0 Å². The van der Waals surface area contributed by atoms with Crippen molar-refractivity contribution in [3.63, 3.8) is 0 Å². The molecule has 190 valence electrons. The number of hydrogen-bond acceptors (Lipinski definition) is 8. The van der Waals surface area contributed by atoms with Gasteiger partial charge in [0.05, 0.1) is 12.0 Å². The molecular weight excluding hydrogens is 442 g/mol. The number of carboxylic acids is 1. The van der Waals surface area contributed by atoms with Crippen LogP contribution in [0.5, 0.6) is 11.5 Å². The highest BCUT2D eigenvalue weighted by Gasteiger charge is 2.33. The van der Waals surface area contributed by atoms with Crippen molar-refractivity contribution in [2.24, 2.45) is 17.1 Å². The van der Waals surface area contributed by atoms with Crippen molar-refractivity contribution < 1.29 is 38.5 Å². The predicted molar refractivity (Wildman–Crippen MR) is 125 cm³/mol. The van der Waals surface area contributed by atoms with Crippen molar-refractivity contribution in [3.05, 3.63) is 23.8 Å². The summed E-state index contributed by atoms with van der Waals surface area (Å²) in [5, 5.41) is 9.60. The maximum absolute atomic E-state index is 12.2. The van der Waals surface area contributed by atoms with Gasteiger partial charge in [0.25, 0.3) is 0 Å². The van der Waals surface area contributed by atoms with Gasteiger partial charge in [0.2, 0.25) is 0 Å². The molecule has 0 aliphatic rings. The highest BCUT2D eigenvalue weighted by Crippen LogP contribution is 2.36. The second kappa shape index (κ2) is 13.1. The van der Waals surface area contributed by atoms with Gasteiger partial charge in [-0.2, -0.15) is 0 Å². The maximum Gasteiger partial charge on any atom is 0.321 e. The summed E-state index contributed by atoms with van der Waals surface area (Å²) in [6, 6.07) is 3.15. The third kappa shape index (κ3) is 8.78. The lowest BCUT2D eigenvalue weighted by Gasteiger charge is -2.29. The molecule has 9 heteroatoms. The number of rotatable bonds is 12. The molecule has 3 atom stereocenters. The Morgan fingerprint density at radius 3 is 1.97 bits per heavy atom. The minimum absolute atomic E-state index is 0.00174. The van der Waals surface area contributed by atoms with Crippen LogP contribution < -0.4 is 15.2 Å². The number of ether oxygens (including phenoxy) is 3. The van der Waals surface area contributed by atoms with Crippen molar-refractivity contribution in [2.75, 3.05) is 6.61 Å². The van der Waals surface area contributed by atoms with Crippen LogP contribution in [0, 0.1) is 11.3 Å². The average molecular weight is 480 g/mol. The highest BCUT2D eigenvalue weighted by molar-refractivity contribution is 5.77. The van der Waals surface area contributed by atoms with E-state index in [9.17, 15) is 24.3 Å². The van der Waals surface area contributed by atoms with Gasteiger partial charge in [-0.3, -0.25) is 19.2 Å². The number of carbonyl (C=O) groups excluding carboxylic acids is 3. The quantitative estimate of drug-likeness (QED) is 0.338. The number of esters is 3. The maximum atomic E-state index is 12.2. The van der Waals surface area contributed by atoms with Crippen LogP contribution in [0.15, 0.2) is 18.2 Å². The van der Waals surface area contributed by atoms with E-state index in [0.29, 0.717) is 18.4 Å². The van der Waals surface area contributed by atoms with Crippen LogP contribution in [0.4, 0.5) is 0 Å². The lowest BCUT2D eigenvalue weighted by atomic mass is 9.82. The smallest absolute Gasteiger partial charge is 0.321 e. The van der Waals surface area contributed by atoms with Gasteiger partial charge in [-0.1, -0.05) is 26.8 Å². The molecular formula is C25H37NO8. The van der Waals surface area contributed by atoms with Gasteiger partial charge in [-0.05, 0) is 57.2 Å². The first-order valence-corrected chi connectivity index (χ1v) is 11.5. The topological polar surface area (TPSA) is 142 Å². The van der Waals surface area contributed by atoms with Crippen molar-refractivity contribution in [1.29, 1.82) is 0 Å². The molecule has 1 aromatic carbocycles. The molecule has 2 unspecified atom stereocenters. The van der Waals surface area contributed by atoms with E-state index >= 15 is 0 Å². The fourth-order valence-corrected chi connectivity index (χ4v) is 3.22. The van der Waals surface area contributed by atoms with E-state index < -0.39 is 47.2 Å². The Labute approximate surface area is 200 Å². The Bertz CT molecular complexity index is 874. The zero-order chi connectivity index (χ0) is 26.1. The average Bonchev–Trinajstić information content (AvgIpc) is 2.73. The molecule has 0 heterocycles. The number of benzene rings is 1. The molecule has 0 aliphatic heterocycles. The van der Waals surface area contributed by atoms with E-state index in [4.69, 9.17) is 19.9 Å². The fourth-order valence-electron chi connectivity index (χ4n) is 3.22. The van der Waals surface area contributed by atoms with Crippen molar-refractivity contribution >= 4 is 23.9 Å². The highest BCUT2D eigenvalue weighted by atomic mass is 16.6. The van der Waals surface area contributed by atoms with Crippen LogP contribution in [0.3, 0.4) is 0 Å². The summed E-state index contributed by atoms with van der Waals surface area (Å²) in [4.78, 5) is 48.1. The Kier molecular flexibility index (Phi) is 11.2. The number of aliphatic carboxylic acids is 1. The lowest BCUT2D eigenvalue weighted by Crippen LogP contribution is -2.41. The van der Waals surface area contributed by atoms with Crippen LogP contribution in [-0.2, 0) is 23.9 Å². The first kappa shape index (κ1) is 29.1. The molecule has 3 N–H and O–H groups in total. The number of nitrogens with two attached hydrogens (primary N) is 1. The Balaban J connectivity index is 3.35. The normalized spacial score (nSPS) is 14.0. The van der Waals surface area contributed by atoms with Crippen molar-refractivity contribution in [1.82, 2.24) is 0 Å². The first-order chi connectivity index (χ1) is 15.8. The second-order valence-corrected chi connectivity index (χ2v) is 9.37. The predicted octanol–water partition coefficient (Wildman–Crippen LogP) is 3.82. The third-order valence-corrected chi connectivity index (χ3v) is 5.08. The molecule has 0 saturated carbocycles. The number of carboxylic acid groups (broad SMARTS) is 1. The Morgan fingerprint density at radius 1 is 0.971 bits per heavy atom. The monoisotopic (exact) mass is 479 g/mol. The van der Waals surface area contributed by atoms with Crippen LogP contribution in [0.25, 0.3) is 0 Å². The third-order valence-electron chi connectivity index (χ3n) is 5.08. The molecule has 0 saturated heterocycles. The van der Waals surface area contributed by atoms with Crippen molar-refractivity contribution in [2.45, 2.75) is 79.2 Å². The number of hydrogen-bond donors (Lipinski definition) is 2. The molecule has 1 rings (SSSR count). The zero-order valence-electron chi connectivity index (χ0n) is 20.9. The molecule has 0 fully saturated rings. The molecule has 9 nitrogen and oxygen atoms in total. The molecule has 34 heavy (non-hydrogen) atoms. The summed E-state index contributed by atoms with van der Waals surface area (Å²) in [6.07, 6.45) is 1.49. The van der Waals surface area contributed by atoms with Crippen LogP contribution in [0.1, 0.15) is 78.7 Å². The Hall–Kier alpha value is -2.94. The zero-order valence-corrected chi connectivity index (χ0v) is 20.9. The lowest BCUT2D eigenvalue weighted by molar-refractivity contribution is -0.154. The molecule has 0 aromatic heterocycles. The second-order valence-electron chi connectivity index (χ2n) is 9.37. The Morgan fingerprint density at radius 2 is 1.50 bits per heavy atom. The van der Waals surface area contributed by atoms with Crippen LogP contribution in [0.2, 0.25) is 0 Å². The fraction of sp³-hybridized carbons (Fsp3) is 0.600. The summed E-state index contributed by atoms with van der Waals surface area (Å²) in [5.41, 5.74) is 5.74. The standard InChI is InChI=1S/C25H37NO8/c1-7-9-19(27)33-17-12-11-16(13-18(17)34-20(28)10-8-2)21(22(26)23(29)30)15(3)14-32-24(31)25(4,5)6/h11-13,15,21-22H,7-10,14,26H2,1-6H3,(H,29,30)/t15?,21?,22-/m0/s1. The van der Waals surface area contributed by atoms with Gasteiger partial charge in [0.1, 0.15) is 6.04 Å². The van der Waals surface area contributed by atoms with Gasteiger partial charge in [0.15, 0.2) is 11.5 Å². The van der Waals surface area contributed by atoms with Gasteiger partial charge in [-0.15, -0.1) is 0 Å². The minimum atomic E-state index is -1.32. The first-order valence-electron chi connectivity index (χ1n) is 11.5. The summed E-state index contributed by atoms with van der Waals surface area (Å²) < 4.78 is 16.2. The molecule has 0 aliphatic carbocycles. The molecule has 0 radical (unpaired) electrons. The molecule has 0 bridgehead atoms.